The first-order chi connectivity index (χ1) is 30.9. The summed E-state index contributed by atoms with van der Waals surface area (Å²) in [5, 5.41) is 34.7. The maximum atomic E-state index is 14.5. The van der Waals surface area contributed by atoms with E-state index >= 15 is 0 Å². The highest BCUT2D eigenvalue weighted by Gasteiger charge is 2.56. The zero-order valence-corrected chi connectivity index (χ0v) is 40.2. The number of piperidine rings is 1. The van der Waals surface area contributed by atoms with Gasteiger partial charge in [0.25, 0.3) is 11.7 Å². The number of hydrogen-bond donors (Lipinski definition) is 3. The van der Waals surface area contributed by atoms with Crippen molar-refractivity contribution >= 4 is 23.4 Å². The summed E-state index contributed by atoms with van der Waals surface area (Å²) in [5.41, 5.74) is 2.43. The molecular formula is C51H77NO13. The Morgan fingerprint density at radius 1 is 0.908 bits per heavy atom. The monoisotopic (exact) mass is 912 g/mol. The number of amides is 1. The van der Waals surface area contributed by atoms with E-state index in [0.29, 0.717) is 50.5 Å². The highest BCUT2D eigenvalue weighted by molar-refractivity contribution is 6.39. The molecule has 15 atom stereocenters. The summed E-state index contributed by atoms with van der Waals surface area (Å²) in [5.74, 6) is -7.61. The van der Waals surface area contributed by atoms with Crippen molar-refractivity contribution in [2.24, 2.45) is 29.6 Å². The van der Waals surface area contributed by atoms with Crippen LogP contribution in [0.4, 0.5) is 0 Å². The second-order valence-corrected chi connectivity index (χ2v) is 19.4. The van der Waals surface area contributed by atoms with E-state index in [1.54, 1.807) is 21.0 Å². The fourth-order valence-corrected chi connectivity index (χ4v) is 10.6. The molecule has 2 bridgehead atoms. The molecule has 0 aromatic heterocycles. The number of nitrogens with zero attached hydrogens (tertiary/aromatic N) is 1. The van der Waals surface area contributed by atoms with Crippen LogP contribution in [0.2, 0.25) is 0 Å². The van der Waals surface area contributed by atoms with Crippen molar-refractivity contribution < 1.29 is 62.9 Å². The molecule has 1 amide bonds. The Morgan fingerprint density at radius 2 is 1.58 bits per heavy atom. The van der Waals surface area contributed by atoms with Crippen LogP contribution in [-0.2, 0) is 47.6 Å². The van der Waals surface area contributed by atoms with Gasteiger partial charge in [0.05, 0.1) is 37.1 Å². The smallest absolute Gasteiger partial charge is 0.329 e. The zero-order valence-electron chi connectivity index (χ0n) is 40.2. The summed E-state index contributed by atoms with van der Waals surface area (Å²) in [6, 6.07) is 8.20. The number of allylic oxidation sites excluding steroid dienone is 3. The van der Waals surface area contributed by atoms with Crippen molar-refractivity contribution in [2.75, 3.05) is 34.5 Å². The van der Waals surface area contributed by atoms with Gasteiger partial charge in [-0.2, -0.15) is 0 Å². The highest BCUT2D eigenvalue weighted by Crippen LogP contribution is 2.39. The van der Waals surface area contributed by atoms with E-state index in [0.717, 1.165) is 17.6 Å². The number of aliphatic hydroxyl groups is 3. The zero-order chi connectivity index (χ0) is 47.6. The summed E-state index contributed by atoms with van der Waals surface area (Å²) in [6.45, 7) is 11.4. The molecule has 2 saturated heterocycles. The quantitative estimate of drug-likeness (QED) is 0.136. The summed E-state index contributed by atoms with van der Waals surface area (Å²) in [6.07, 6.45) is 3.42. The molecule has 0 radical (unpaired) electrons. The molecule has 14 nitrogen and oxygen atoms in total. The van der Waals surface area contributed by atoms with E-state index in [9.17, 15) is 34.5 Å². The number of rotatable bonds is 10. The Hall–Kier alpha value is -3.34. The Labute approximate surface area is 386 Å². The molecule has 3 N–H and O–H groups in total. The van der Waals surface area contributed by atoms with E-state index in [1.165, 1.54) is 19.1 Å². The first kappa shape index (κ1) is 52.6. The number of carbonyl (C=O) groups excluding carboxylic acids is 4. The standard InChI is InChI=1S/C51H77NO13/c1-10-36-23-30(2)22-31(3)24-44(61-8)47-45(62-9)26-33(5)51(59,65-47)48(56)49(57)52-21-15-14-18-38(52)50(58)64-46(34(6)39(53)28-40(36)54)32(4)25-35-19-20-42(43(27-35)60-7)63-29-41(55)37-16-12-11-13-17-37/h11-13,16-17,23,25,31,33-36,38-39,41-47,53,55,59H,10,14-15,18-22,24,26-29H2,1-9H3/b30-23+,32-25+/t31-,33+,34+,35?,36+,38-,39+,41+,42+,43+,44?,45-,46+,47+,51+/m0/s1. The number of aliphatic hydroxyl groups excluding tert-OH is 2. The maximum absolute atomic E-state index is 14.5. The third-order valence-electron chi connectivity index (χ3n) is 14.5. The first-order valence-electron chi connectivity index (χ1n) is 23.9. The minimum absolute atomic E-state index is 0.0171. The molecular weight excluding hydrogens is 835 g/mol. The molecule has 1 aliphatic carbocycles. The van der Waals surface area contributed by atoms with Crippen molar-refractivity contribution in [3.8, 4) is 0 Å². The molecule has 4 aliphatic rings. The van der Waals surface area contributed by atoms with Gasteiger partial charge in [0.1, 0.15) is 30.1 Å². The SMILES string of the molecule is CC[C@@H]1/C=C(\C)C[C@H](C)CC(OC)[C@H]2O[C@@](O)(C(=O)C(=O)N3CCCC[C@H]3C(=O)O[C@H](/C(C)=C/C3CC[C@@H](OC[C@@H](O)c4ccccc4)[C@H](OC)C3)[C@H](C)[C@H](O)CC1=O)[C@H](C)C[C@@H]2OC. The molecule has 5 rings (SSSR count). The lowest BCUT2D eigenvalue weighted by atomic mass is 9.81. The van der Waals surface area contributed by atoms with Crippen molar-refractivity contribution in [3.63, 3.8) is 0 Å². The summed E-state index contributed by atoms with van der Waals surface area (Å²) in [4.78, 5) is 58.3. The molecule has 65 heavy (non-hydrogen) atoms. The Morgan fingerprint density at radius 3 is 2.25 bits per heavy atom. The van der Waals surface area contributed by atoms with Crippen LogP contribution in [0.3, 0.4) is 0 Å². The van der Waals surface area contributed by atoms with Gasteiger partial charge in [-0.3, -0.25) is 14.4 Å². The summed E-state index contributed by atoms with van der Waals surface area (Å²) < 4.78 is 36.5. The second-order valence-electron chi connectivity index (χ2n) is 19.4. The maximum Gasteiger partial charge on any atom is 0.329 e. The molecule has 14 heteroatoms. The normalized spacial score (nSPS) is 37.9. The number of ether oxygens (including phenoxy) is 6. The van der Waals surface area contributed by atoms with Crippen LogP contribution >= 0.6 is 0 Å². The molecule has 1 saturated carbocycles. The number of methoxy groups -OCH3 is 3. The van der Waals surface area contributed by atoms with Gasteiger partial charge >= 0.3 is 5.97 Å². The average Bonchev–Trinajstić information content (AvgIpc) is 3.30. The van der Waals surface area contributed by atoms with E-state index in [2.05, 4.69) is 6.92 Å². The van der Waals surface area contributed by atoms with Crippen LogP contribution in [0.25, 0.3) is 0 Å². The molecule has 0 spiro atoms. The average molecular weight is 912 g/mol. The lowest BCUT2D eigenvalue weighted by Gasteiger charge is -2.47. The second kappa shape index (κ2) is 24.1. The van der Waals surface area contributed by atoms with Crippen LogP contribution in [0.1, 0.15) is 124 Å². The van der Waals surface area contributed by atoms with Gasteiger partial charge < -0.3 is 48.6 Å². The number of carbonyl (C=O) groups is 4. The number of hydrogen-bond acceptors (Lipinski definition) is 13. The summed E-state index contributed by atoms with van der Waals surface area (Å²) >= 11 is 0. The fourth-order valence-electron chi connectivity index (χ4n) is 10.6. The lowest BCUT2D eigenvalue weighted by molar-refractivity contribution is -0.302. The Bertz CT molecular complexity index is 1800. The van der Waals surface area contributed by atoms with Gasteiger partial charge in [-0.1, -0.05) is 75.8 Å². The fraction of sp³-hybridized carbons (Fsp3) is 0.725. The van der Waals surface area contributed by atoms with Gasteiger partial charge in [0.2, 0.25) is 5.79 Å². The Kier molecular flexibility index (Phi) is 19.5. The highest BCUT2D eigenvalue weighted by atomic mass is 16.7. The van der Waals surface area contributed by atoms with Crippen LogP contribution < -0.4 is 0 Å². The van der Waals surface area contributed by atoms with E-state index in [4.69, 9.17) is 28.4 Å². The van der Waals surface area contributed by atoms with Crippen LogP contribution in [0.5, 0.6) is 0 Å². The minimum atomic E-state index is -2.52. The number of Topliss-reactive ketones (excluding diaryl/α,β-unsaturated/α-hetero) is 2. The van der Waals surface area contributed by atoms with Crippen molar-refractivity contribution in [1.82, 2.24) is 4.90 Å². The number of fused-ring (bicyclic) bond motifs is 3. The molecule has 3 fully saturated rings. The van der Waals surface area contributed by atoms with Gasteiger partial charge in [-0.15, -0.1) is 0 Å². The minimum Gasteiger partial charge on any atom is -0.456 e. The van der Waals surface area contributed by atoms with Gasteiger partial charge in [-0.25, -0.2) is 4.79 Å². The third-order valence-corrected chi connectivity index (χ3v) is 14.5. The number of ketones is 2. The van der Waals surface area contributed by atoms with Crippen LogP contribution in [0, 0.1) is 29.6 Å². The molecule has 3 aliphatic heterocycles. The van der Waals surface area contributed by atoms with Gasteiger partial charge in [0, 0.05) is 52.0 Å². The van der Waals surface area contributed by atoms with E-state index in [-0.39, 0.29) is 62.2 Å². The largest absolute Gasteiger partial charge is 0.456 e. The van der Waals surface area contributed by atoms with Crippen molar-refractivity contribution in [3.05, 3.63) is 59.2 Å². The number of cyclic esters (lactones) is 1. The molecule has 3 heterocycles. The number of benzene rings is 1. The predicted octanol–water partition coefficient (Wildman–Crippen LogP) is 6.23. The first-order valence-corrected chi connectivity index (χ1v) is 23.9. The van der Waals surface area contributed by atoms with Gasteiger partial charge in [-0.05, 0) is 101 Å². The molecule has 364 valence electrons. The van der Waals surface area contributed by atoms with Crippen LogP contribution in [0.15, 0.2) is 53.6 Å². The third kappa shape index (κ3) is 13.0. The van der Waals surface area contributed by atoms with Crippen LogP contribution in [-0.4, -0.2) is 133 Å². The van der Waals surface area contributed by atoms with E-state index < -0.39 is 83.9 Å². The topological polar surface area (TPSA) is 188 Å². The van der Waals surface area contributed by atoms with Crippen molar-refractivity contribution in [1.29, 1.82) is 0 Å². The van der Waals surface area contributed by atoms with Gasteiger partial charge in [0.15, 0.2) is 0 Å². The Balaban J connectivity index is 1.45. The molecule has 1 aromatic carbocycles. The predicted molar refractivity (Wildman–Crippen MR) is 243 cm³/mol. The van der Waals surface area contributed by atoms with Crippen molar-refractivity contribution in [2.45, 2.75) is 173 Å². The number of esters is 1. The van der Waals surface area contributed by atoms with E-state index in [1.807, 2.05) is 63.3 Å². The summed E-state index contributed by atoms with van der Waals surface area (Å²) in [7, 11) is 4.70. The lowest BCUT2D eigenvalue weighted by Crippen LogP contribution is -2.64. The molecule has 1 aromatic rings. The molecule has 2 unspecified atom stereocenters.